The second-order valence-electron chi connectivity index (χ2n) is 8.13. The smallest absolute Gasteiger partial charge is 0.253 e. The molecule has 1 aliphatic carbocycles. The Morgan fingerprint density at radius 2 is 2.23 bits per heavy atom. The van der Waals surface area contributed by atoms with Crippen LogP contribution in [0.15, 0.2) is 18.3 Å². The summed E-state index contributed by atoms with van der Waals surface area (Å²) < 4.78 is 18.8. The third kappa shape index (κ3) is 4.45. The van der Waals surface area contributed by atoms with Crippen LogP contribution in [0.1, 0.15) is 37.8 Å². The summed E-state index contributed by atoms with van der Waals surface area (Å²) >= 11 is 0. The number of nitrogens with one attached hydrogen (secondary N) is 1. The van der Waals surface area contributed by atoms with E-state index in [0.29, 0.717) is 26.4 Å². The van der Waals surface area contributed by atoms with Crippen LogP contribution in [0.25, 0.3) is 10.9 Å². The van der Waals surface area contributed by atoms with Gasteiger partial charge in [0.05, 0.1) is 36.4 Å². The number of benzene rings is 1. The lowest BCUT2D eigenvalue weighted by molar-refractivity contribution is -0.148. The van der Waals surface area contributed by atoms with Gasteiger partial charge in [0.15, 0.2) is 0 Å². The fourth-order valence-electron chi connectivity index (χ4n) is 4.07. The number of hydrogen-bond donors (Lipinski definition) is 1. The molecule has 1 amide bonds. The normalized spacial score (nSPS) is 20.3. The molecule has 8 heteroatoms. The number of carbonyl (C=O) groups is 1. The van der Waals surface area contributed by atoms with Gasteiger partial charge in [-0.15, -0.1) is 0 Å². The van der Waals surface area contributed by atoms with Crippen molar-refractivity contribution in [1.29, 1.82) is 0 Å². The van der Waals surface area contributed by atoms with Gasteiger partial charge >= 0.3 is 0 Å². The Bertz CT molecular complexity index is 873. The summed E-state index contributed by atoms with van der Waals surface area (Å²) in [6.45, 7) is 5.27. The molecule has 164 valence electrons. The molecule has 0 unspecified atom stereocenters. The number of carbonyl (C=O) groups excluding carboxylic acids is 1. The maximum atomic E-state index is 13.3. The highest BCUT2D eigenvalue weighted by Gasteiger charge is 2.40. The predicted molar refractivity (Wildman–Crippen MR) is 114 cm³/mol. The van der Waals surface area contributed by atoms with Crippen LogP contribution >= 0.6 is 0 Å². The summed E-state index contributed by atoms with van der Waals surface area (Å²) in [4.78, 5) is 15.3. The SMILES string of the molecule is COCCCOc1cc([C@@H](C)N(C(=O)[C@H]2CNCCO2)C2CC2)cc2c1cnn2C. The molecule has 1 N–H and O–H groups in total. The molecule has 1 aromatic carbocycles. The first-order chi connectivity index (χ1) is 14.6. The zero-order valence-corrected chi connectivity index (χ0v) is 18.1. The Balaban J connectivity index is 1.61. The van der Waals surface area contributed by atoms with E-state index in [1.54, 1.807) is 7.11 Å². The Kier molecular flexibility index (Phi) is 6.55. The highest BCUT2D eigenvalue weighted by molar-refractivity contribution is 5.87. The van der Waals surface area contributed by atoms with Crippen LogP contribution in [0, 0.1) is 0 Å². The molecular weight excluding hydrogens is 384 g/mol. The molecule has 0 bridgehead atoms. The van der Waals surface area contributed by atoms with Crippen molar-refractivity contribution >= 4 is 16.8 Å². The number of aromatic nitrogens is 2. The molecule has 2 atom stereocenters. The van der Waals surface area contributed by atoms with Crippen molar-refractivity contribution in [2.24, 2.45) is 7.05 Å². The van der Waals surface area contributed by atoms with E-state index in [0.717, 1.165) is 48.0 Å². The Morgan fingerprint density at radius 1 is 1.40 bits per heavy atom. The van der Waals surface area contributed by atoms with E-state index in [2.05, 4.69) is 29.5 Å². The summed E-state index contributed by atoms with van der Waals surface area (Å²) in [6.07, 6.45) is 4.33. The first kappa shape index (κ1) is 21.1. The average Bonchev–Trinajstić information content (AvgIpc) is 3.53. The van der Waals surface area contributed by atoms with E-state index in [-0.39, 0.29) is 18.0 Å². The minimum Gasteiger partial charge on any atom is -0.493 e. The van der Waals surface area contributed by atoms with E-state index in [1.807, 2.05) is 22.8 Å². The molecule has 1 saturated carbocycles. The van der Waals surface area contributed by atoms with E-state index in [9.17, 15) is 4.79 Å². The minimum absolute atomic E-state index is 0.0730. The Labute approximate surface area is 177 Å². The first-order valence-corrected chi connectivity index (χ1v) is 10.8. The lowest BCUT2D eigenvalue weighted by atomic mass is 10.0. The molecule has 2 heterocycles. The molecule has 1 aromatic heterocycles. The molecule has 1 aliphatic heterocycles. The van der Waals surface area contributed by atoms with E-state index >= 15 is 0 Å². The van der Waals surface area contributed by atoms with Gasteiger partial charge in [-0.05, 0) is 37.5 Å². The topological polar surface area (TPSA) is 77.8 Å². The summed E-state index contributed by atoms with van der Waals surface area (Å²) in [5.74, 6) is 0.877. The zero-order chi connectivity index (χ0) is 21.1. The monoisotopic (exact) mass is 416 g/mol. The Morgan fingerprint density at radius 3 is 2.93 bits per heavy atom. The van der Waals surface area contributed by atoms with Crippen molar-refractivity contribution in [2.75, 3.05) is 40.0 Å². The van der Waals surface area contributed by atoms with Crippen LogP contribution in [-0.2, 0) is 21.3 Å². The van der Waals surface area contributed by atoms with Gasteiger partial charge in [-0.3, -0.25) is 9.48 Å². The number of fused-ring (bicyclic) bond motifs is 1. The van der Waals surface area contributed by atoms with Crippen molar-refractivity contribution in [3.63, 3.8) is 0 Å². The summed E-state index contributed by atoms with van der Waals surface area (Å²) in [5, 5.41) is 8.65. The van der Waals surface area contributed by atoms with Gasteiger partial charge in [0.2, 0.25) is 0 Å². The maximum Gasteiger partial charge on any atom is 0.253 e. The average molecular weight is 417 g/mol. The molecule has 2 aromatic rings. The molecule has 1 saturated heterocycles. The molecular formula is C22H32N4O4. The number of rotatable bonds is 9. The van der Waals surface area contributed by atoms with Crippen LogP contribution in [0.4, 0.5) is 0 Å². The molecule has 0 radical (unpaired) electrons. The standard InChI is InChI=1S/C22H32N4O4/c1-15(26(17-5-6-17)22(27)21-14-23-7-10-30-21)16-11-19-18(13-24-25(19)2)20(12-16)29-9-4-8-28-3/h11-13,15,17,21,23H,4-10,14H2,1-3H3/t15-,21-/m1/s1. The number of ether oxygens (including phenoxy) is 3. The Hall–Kier alpha value is -2.16. The third-order valence-corrected chi connectivity index (χ3v) is 5.90. The molecule has 8 nitrogen and oxygen atoms in total. The lowest BCUT2D eigenvalue weighted by Crippen LogP contribution is -2.50. The van der Waals surface area contributed by atoms with Crippen molar-refractivity contribution in [3.05, 3.63) is 23.9 Å². The van der Waals surface area contributed by atoms with Gasteiger partial charge < -0.3 is 24.4 Å². The van der Waals surface area contributed by atoms with Gasteiger partial charge in [-0.2, -0.15) is 5.10 Å². The number of morpholine rings is 1. The summed E-state index contributed by atoms with van der Waals surface area (Å²) in [5.41, 5.74) is 2.05. The fraction of sp³-hybridized carbons (Fsp3) is 0.636. The van der Waals surface area contributed by atoms with E-state index in [1.165, 1.54) is 0 Å². The van der Waals surface area contributed by atoms with Gasteiger partial charge in [-0.25, -0.2) is 0 Å². The molecule has 30 heavy (non-hydrogen) atoms. The number of amides is 1. The number of aryl methyl sites for hydroxylation is 1. The van der Waals surface area contributed by atoms with Crippen molar-refractivity contribution in [1.82, 2.24) is 20.0 Å². The van der Waals surface area contributed by atoms with Crippen molar-refractivity contribution in [3.8, 4) is 5.75 Å². The van der Waals surface area contributed by atoms with E-state index in [4.69, 9.17) is 14.2 Å². The van der Waals surface area contributed by atoms with Crippen LogP contribution in [0.3, 0.4) is 0 Å². The van der Waals surface area contributed by atoms with Crippen molar-refractivity contribution < 1.29 is 19.0 Å². The molecule has 0 spiro atoms. The van der Waals surface area contributed by atoms with Gasteiger partial charge in [-0.1, -0.05) is 0 Å². The molecule has 2 fully saturated rings. The highest BCUT2D eigenvalue weighted by Crippen LogP contribution is 2.38. The minimum atomic E-state index is -0.410. The van der Waals surface area contributed by atoms with Crippen LogP contribution in [0.5, 0.6) is 5.75 Å². The lowest BCUT2D eigenvalue weighted by Gasteiger charge is -2.34. The van der Waals surface area contributed by atoms with Crippen molar-refractivity contribution in [2.45, 2.75) is 44.4 Å². The quantitative estimate of drug-likeness (QED) is 0.631. The van der Waals surface area contributed by atoms with Crippen LogP contribution < -0.4 is 10.1 Å². The van der Waals surface area contributed by atoms with Crippen LogP contribution in [0.2, 0.25) is 0 Å². The number of hydrogen-bond acceptors (Lipinski definition) is 6. The molecule has 4 rings (SSSR count). The highest BCUT2D eigenvalue weighted by atomic mass is 16.5. The van der Waals surface area contributed by atoms with Gasteiger partial charge in [0.25, 0.3) is 5.91 Å². The second kappa shape index (κ2) is 9.32. The maximum absolute atomic E-state index is 13.3. The van der Waals surface area contributed by atoms with Crippen LogP contribution in [-0.4, -0.2) is 72.8 Å². The van der Waals surface area contributed by atoms with Gasteiger partial charge in [0, 0.05) is 46.3 Å². The first-order valence-electron chi connectivity index (χ1n) is 10.8. The molecule has 2 aliphatic rings. The summed E-state index contributed by atoms with van der Waals surface area (Å²) in [6, 6.07) is 4.39. The van der Waals surface area contributed by atoms with E-state index < -0.39 is 6.10 Å². The number of nitrogens with zero attached hydrogens (tertiary/aromatic N) is 3. The largest absolute Gasteiger partial charge is 0.493 e. The van der Waals surface area contributed by atoms with Gasteiger partial charge in [0.1, 0.15) is 11.9 Å². The third-order valence-electron chi connectivity index (χ3n) is 5.90. The predicted octanol–water partition coefficient (Wildman–Crippen LogP) is 2.03. The summed E-state index contributed by atoms with van der Waals surface area (Å²) in [7, 11) is 3.62. The second-order valence-corrected chi connectivity index (χ2v) is 8.13. The fourth-order valence-corrected chi connectivity index (χ4v) is 4.07. The zero-order valence-electron chi connectivity index (χ0n) is 18.1. The number of methoxy groups -OCH3 is 1.